The van der Waals surface area contributed by atoms with E-state index in [1.54, 1.807) is 0 Å². The zero-order valence-corrected chi connectivity index (χ0v) is 5.73. The highest BCUT2D eigenvalue weighted by Crippen LogP contribution is 1.67. The van der Waals surface area contributed by atoms with Crippen LogP contribution in [0.1, 0.15) is 6.92 Å². The summed E-state index contributed by atoms with van der Waals surface area (Å²) < 4.78 is 0. The van der Waals surface area contributed by atoms with E-state index in [4.69, 9.17) is 4.79 Å². The van der Waals surface area contributed by atoms with Gasteiger partial charge in [0.15, 0.2) is 0 Å². The van der Waals surface area contributed by atoms with E-state index in [1.807, 2.05) is 6.92 Å². The van der Waals surface area contributed by atoms with Crippen LogP contribution >= 0.6 is 15.9 Å². The van der Waals surface area contributed by atoms with Crippen LogP contribution in [0.5, 0.6) is 0 Å². The molecule has 0 spiro atoms. The van der Waals surface area contributed by atoms with Crippen molar-refractivity contribution in [3.63, 3.8) is 0 Å². The van der Waals surface area contributed by atoms with Crippen LogP contribution in [0.3, 0.4) is 0 Å². The van der Waals surface area contributed by atoms with Crippen molar-refractivity contribution < 1.29 is 4.79 Å². The van der Waals surface area contributed by atoms with Crippen LogP contribution in [0.15, 0.2) is 0 Å². The van der Waals surface area contributed by atoms with E-state index in [0.717, 1.165) is 5.33 Å². The molecule has 0 unspecified atom stereocenters. The zero-order valence-electron chi connectivity index (χ0n) is 4.15. The maximum Gasteiger partial charge on any atom is 0.309 e. The summed E-state index contributed by atoms with van der Waals surface area (Å²) in [6.07, 6.45) is 0. The van der Waals surface area contributed by atoms with E-state index in [1.165, 1.54) is 0 Å². The lowest BCUT2D eigenvalue weighted by atomic mass is 11.0. The topological polar surface area (TPSA) is 69.1 Å². The van der Waals surface area contributed by atoms with Gasteiger partial charge in [0.2, 0.25) is 0 Å². The van der Waals surface area contributed by atoms with Crippen molar-refractivity contribution in [2.75, 3.05) is 5.33 Å². The first kappa shape index (κ1) is 9.89. The second-order valence-electron chi connectivity index (χ2n) is 0.670. The normalized spacial score (nSPS) is 6.00. The number of amides is 2. The quantitative estimate of drug-likeness (QED) is 0.507. The van der Waals surface area contributed by atoms with Crippen molar-refractivity contribution in [2.24, 2.45) is 11.5 Å². The maximum absolute atomic E-state index is 9.00. The Hall–Kier alpha value is -0.250. The Kier molecular flexibility index (Phi) is 13.0. The maximum atomic E-state index is 9.00. The molecule has 0 heterocycles. The Labute approximate surface area is 51.2 Å². The van der Waals surface area contributed by atoms with Gasteiger partial charge >= 0.3 is 6.03 Å². The predicted octanol–water partition coefficient (Wildman–Crippen LogP) is 0.425. The minimum atomic E-state index is -0.833. The fourth-order valence-electron chi connectivity index (χ4n) is 0. The number of urea groups is 1. The minimum Gasteiger partial charge on any atom is -0.352 e. The Morgan fingerprint density at radius 1 is 1.71 bits per heavy atom. The van der Waals surface area contributed by atoms with Crippen molar-refractivity contribution in [3.05, 3.63) is 0 Å². The molecule has 2 amide bonds. The lowest BCUT2D eigenvalue weighted by Gasteiger charge is -1.62. The summed E-state index contributed by atoms with van der Waals surface area (Å²) in [4.78, 5) is 9.00. The molecule has 0 radical (unpaired) electrons. The average molecular weight is 169 g/mol. The second kappa shape index (κ2) is 9.23. The molecule has 3 nitrogen and oxygen atoms in total. The Morgan fingerprint density at radius 2 is 1.71 bits per heavy atom. The van der Waals surface area contributed by atoms with Crippen LogP contribution < -0.4 is 11.5 Å². The highest BCUT2D eigenvalue weighted by atomic mass is 79.9. The van der Waals surface area contributed by atoms with Crippen molar-refractivity contribution in [1.29, 1.82) is 0 Å². The Morgan fingerprint density at radius 3 is 1.71 bits per heavy atom. The summed E-state index contributed by atoms with van der Waals surface area (Å²) >= 11 is 3.15. The molecule has 0 rings (SSSR count). The van der Waals surface area contributed by atoms with Crippen molar-refractivity contribution in [3.8, 4) is 0 Å². The number of rotatable bonds is 0. The molecule has 0 fully saturated rings. The monoisotopic (exact) mass is 168 g/mol. The summed E-state index contributed by atoms with van der Waals surface area (Å²) in [5.41, 5.74) is 8.50. The summed E-state index contributed by atoms with van der Waals surface area (Å²) in [7, 11) is 0. The third-order valence-electron chi connectivity index (χ3n) is 0. The summed E-state index contributed by atoms with van der Waals surface area (Å²) in [6, 6.07) is -0.833. The Balaban J connectivity index is 0. The Bertz CT molecular complexity index is 44.2. The largest absolute Gasteiger partial charge is 0.352 e. The number of hydrogen-bond acceptors (Lipinski definition) is 1. The SMILES string of the molecule is CCBr.NC(N)=O. The van der Waals surface area contributed by atoms with Gasteiger partial charge in [0, 0.05) is 5.33 Å². The highest BCUT2D eigenvalue weighted by Gasteiger charge is 1.60. The van der Waals surface area contributed by atoms with Crippen molar-refractivity contribution >= 4 is 22.0 Å². The van der Waals surface area contributed by atoms with Gasteiger partial charge in [-0.3, -0.25) is 0 Å². The summed E-state index contributed by atoms with van der Waals surface area (Å²) in [5, 5.41) is 1.06. The third-order valence-corrected chi connectivity index (χ3v) is 0. The van der Waals surface area contributed by atoms with Crippen LogP contribution in [0.4, 0.5) is 4.79 Å². The number of halogens is 1. The molecule has 0 saturated heterocycles. The van der Waals surface area contributed by atoms with E-state index < -0.39 is 6.03 Å². The molecule has 4 N–H and O–H groups in total. The molecule has 0 aromatic carbocycles. The van der Waals surface area contributed by atoms with E-state index >= 15 is 0 Å². The van der Waals surface area contributed by atoms with Gasteiger partial charge in [-0.15, -0.1) is 0 Å². The van der Waals surface area contributed by atoms with Gasteiger partial charge in [0.05, 0.1) is 0 Å². The van der Waals surface area contributed by atoms with Crippen molar-refractivity contribution in [1.82, 2.24) is 0 Å². The van der Waals surface area contributed by atoms with E-state index in [-0.39, 0.29) is 0 Å². The van der Waals surface area contributed by atoms with Gasteiger partial charge in [-0.25, -0.2) is 4.79 Å². The number of carbonyl (C=O) groups excluding carboxylic acids is 1. The van der Waals surface area contributed by atoms with Crippen LogP contribution in [-0.2, 0) is 0 Å². The molecule has 0 aromatic heterocycles. The molecule has 0 atom stereocenters. The van der Waals surface area contributed by atoms with Crippen LogP contribution in [0.25, 0.3) is 0 Å². The third kappa shape index (κ3) is 1290. The standard InChI is InChI=1S/C2H5Br.CH4N2O/c1-2-3;2-1(3)4/h2H2,1H3;(H4,2,3,4). The van der Waals surface area contributed by atoms with Gasteiger partial charge in [0.1, 0.15) is 0 Å². The lowest BCUT2D eigenvalue weighted by Crippen LogP contribution is -2.18. The second-order valence-corrected chi connectivity index (χ2v) is 1.79. The molecule has 0 aliphatic carbocycles. The first-order valence-electron chi connectivity index (χ1n) is 1.76. The van der Waals surface area contributed by atoms with Gasteiger partial charge in [-0.05, 0) is 0 Å². The fraction of sp³-hybridized carbons (Fsp3) is 0.667. The summed E-state index contributed by atoms with van der Waals surface area (Å²) in [6.45, 7) is 2.04. The molecule has 0 saturated carbocycles. The van der Waals surface area contributed by atoms with Crippen LogP contribution in [0, 0.1) is 0 Å². The summed E-state index contributed by atoms with van der Waals surface area (Å²) in [5.74, 6) is 0. The first-order valence-corrected chi connectivity index (χ1v) is 2.88. The molecule has 7 heavy (non-hydrogen) atoms. The minimum absolute atomic E-state index is 0.833. The van der Waals surface area contributed by atoms with Crippen molar-refractivity contribution in [2.45, 2.75) is 6.92 Å². The molecule has 0 aliphatic rings. The van der Waals surface area contributed by atoms with E-state index in [9.17, 15) is 0 Å². The van der Waals surface area contributed by atoms with Gasteiger partial charge in [-0.1, -0.05) is 22.9 Å². The van der Waals surface area contributed by atoms with Crippen LogP contribution in [-0.4, -0.2) is 11.4 Å². The first-order chi connectivity index (χ1) is 3.15. The average Bonchev–Trinajstić information content (AvgIpc) is 1.33. The molecule has 4 heteroatoms. The van der Waals surface area contributed by atoms with Gasteiger partial charge in [-0.2, -0.15) is 0 Å². The lowest BCUT2D eigenvalue weighted by molar-refractivity contribution is 0.256. The number of nitrogens with two attached hydrogens (primary N) is 2. The van der Waals surface area contributed by atoms with E-state index in [0.29, 0.717) is 0 Å². The highest BCUT2D eigenvalue weighted by molar-refractivity contribution is 9.09. The van der Waals surface area contributed by atoms with E-state index in [2.05, 4.69) is 27.4 Å². The molecular weight excluding hydrogens is 160 g/mol. The molecule has 44 valence electrons. The molecular formula is C3H9BrN2O. The van der Waals surface area contributed by atoms with Gasteiger partial charge < -0.3 is 11.5 Å². The number of hydrogen-bond donors (Lipinski definition) is 2. The van der Waals surface area contributed by atoms with Crippen LogP contribution in [0.2, 0.25) is 0 Å². The number of carbonyl (C=O) groups is 1. The molecule has 0 aliphatic heterocycles. The zero-order chi connectivity index (χ0) is 6.28. The number of alkyl halides is 1. The molecule has 0 aromatic rings. The van der Waals surface area contributed by atoms with Gasteiger partial charge in [0.25, 0.3) is 0 Å². The smallest absolute Gasteiger partial charge is 0.309 e. The fourth-order valence-corrected chi connectivity index (χ4v) is 0. The number of primary amides is 2. The predicted molar refractivity (Wildman–Crippen MR) is 33.2 cm³/mol. The molecule has 0 bridgehead atoms.